The maximum Gasteiger partial charge on any atom is 0.556 e. The number of allylic oxidation sites excluding steroid dienone is 1. The summed E-state index contributed by atoms with van der Waals surface area (Å²) in [5, 5.41) is 27.4. The topological polar surface area (TPSA) is 126 Å². The lowest BCUT2D eigenvalue weighted by Crippen LogP contribution is -2.34. The third-order valence-corrected chi connectivity index (χ3v) is 5.94. The average molecular weight is 419 g/mol. The number of primary amides is 1. The van der Waals surface area contributed by atoms with E-state index in [1.807, 2.05) is 32.9 Å². The number of fused-ring (bicyclic) bond motifs is 1. The average Bonchev–Trinajstić information content (AvgIpc) is 3.33. The Bertz CT molecular complexity index is 1100. The molecule has 2 heterocycles. The molecule has 1 fully saturated rings. The van der Waals surface area contributed by atoms with E-state index in [9.17, 15) is 15.1 Å². The number of benzene rings is 1. The normalized spacial score (nSPS) is 20.5. The van der Waals surface area contributed by atoms with Gasteiger partial charge in [-0.3, -0.25) is 9.48 Å². The Morgan fingerprint density at radius 2 is 2.19 bits per heavy atom. The van der Waals surface area contributed by atoms with Crippen LogP contribution in [0.5, 0.6) is 5.75 Å². The van der Waals surface area contributed by atoms with Gasteiger partial charge in [-0.05, 0) is 48.3 Å². The summed E-state index contributed by atoms with van der Waals surface area (Å²) in [5.74, 6) is 0.226. The van der Waals surface area contributed by atoms with Crippen molar-refractivity contribution in [3.05, 3.63) is 41.0 Å². The van der Waals surface area contributed by atoms with Crippen LogP contribution in [0.15, 0.2) is 29.9 Å². The lowest BCUT2D eigenvalue weighted by Gasteiger charge is -2.29. The van der Waals surface area contributed by atoms with Gasteiger partial charge < -0.3 is 20.7 Å². The number of amides is 1. The van der Waals surface area contributed by atoms with Crippen molar-refractivity contribution in [2.45, 2.75) is 46.1 Å². The summed E-state index contributed by atoms with van der Waals surface area (Å²) in [5.41, 5.74) is 7.92. The van der Waals surface area contributed by atoms with E-state index in [-0.39, 0.29) is 22.9 Å². The van der Waals surface area contributed by atoms with Crippen LogP contribution >= 0.6 is 0 Å². The first kappa shape index (κ1) is 21.0. The summed E-state index contributed by atoms with van der Waals surface area (Å²) in [6.45, 7) is 6.05. The number of nitrogens with one attached hydrogen (secondary N) is 1. The largest absolute Gasteiger partial charge is 0.556 e. The summed E-state index contributed by atoms with van der Waals surface area (Å²) < 4.78 is 7.36. The molecule has 1 aliphatic heterocycles. The zero-order valence-electron chi connectivity index (χ0n) is 17.9. The highest BCUT2D eigenvalue weighted by atomic mass is 16.5. The molecule has 0 saturated heterocycles. The van der Waals surface area contributed by atoms with Crippen LogP contribution in [-0.4, -0.2) is 27.8 Å². The van der Waals surface area contributed by atoms with Gasteiger partial charge in [0.2, 0.25) is 0 Å². The van der Waals surface area contributed by atoms with Crippen molar-refractivity contribution in [3.63, 3.8) is 0 Å². The number of hydrogen-bond acceptors (Lipinski definition) is 6. The highest BCUT2D eigenvalue weighted by Crippen LogP contribution is 2.38. The van der Waals surface area contributed by atoms with Crippen LogP contribution in [0.25, 0.3) is 6.08 Å². The summed E-state index contributed by atoms with van der Waals surface area (Å²) in [4.78, 5) is 12.0. The van der Waals surface area contributed by atoms with Gasteiger partial charge in [0.15, 0.2) is 5.82 Å². The molecule has 2 atom stereocenters. The van der Waals surface area contributed by atoms with Crippen LogP contribution in [0.4, 0.5) is 11.5 Å². The van der Waals surface area contributed by atoms with Gasteiger partial charge in [-0.1, -0.05) is 26.8 Å². The number of hydrogen-bond donors (Lipinski definition) is 3. The second-order valence-corrected chi connectivity index (χ2v) is 9.17. The minimum atomic E-state index is -0.983. The molecule has 0 radical (unpaired) electrons. The number of carbonyl (C=O) groups is 1. The monoisotopic (exact) mass is 419 g/mol. The summed E-state index contributed by atoms with van der Waals surface area (Å²) in [7, 11) is -0.983. The number of nitrogens with zero attached hydrogens (tertiary/aromatic N) is 3. The smallest absolute Gasteiger partial charge is 0.532 e. The van der Waals surface area contributed by atoms with Gasteiger partial charge in [0, 0.05) is 17.4 Å². The number of nitrogens with two attached hydrogens (primary N) is 1. The van der Waals surface area contributed by atoms with E-state index in [0.29, 0.717) is 17.3 Å². The van der Waals surface area contributed by atoms with E-state index in [4.69, 9.17) is 10.4 Å². The predicted molar refractivity (Wildman–Crippen MR) is 118 cm³/mol. The Balaban J connectivity index is 1.66. The molecule has 2 aromatic rings. The standard InChI is InChI=1S/C22H26BN5O3/c1-22(2,3)19-10-14-9-15(7-8-18(14)31-23(19)30)26-21-16(20(25)29)12-28(27-21)17-6-4-5-13(17)11-24/h7-10,12-13,17,30H,4-6H2,1-3H3,(H2,25,29)(H,26,27). The maximum atomic E-state index is 12.0. The van der Waals surface area contributed by atoms with Gasteiger partial charge in [0.05, 0.1) is 18.0 Å². The third kappa shape index (κ3) is 4.03. The van der Waals surface area contributed by atoms with Crippen molar-refractivity contribution < 1.29 is 14.5 Å². The van der Waals surface area contributed by atoms with Crippen molar-refractivity contribution in [2.24, 2.45) is 17.1 Å². The molecule has 1 aliphatic carbocycles. The van der Waals surface area contributed by atoms with Gasteiger partial charge >= 0.3 is 7.12 Å². The quantitative estimate of drug-likeness (QED) is 0.652. The Kier molecular flexibility index (Phi) is 5.27. The van der Waals surface area contributed by atoms with Crippen molar-refractivity contribution >= 4 is 30.6 Å². The maximum absolute atomic E-state index is 12.0. The molecular formula is C22H26BN5O3. The lowest BCUT2D eigenvalue weighted by atomic mass is 9.63. The van der Waals surface area contributed by atoms with Crippen molar-refractivity contribution in [1.82, 2.24) is 9.78 Å². The van der Waals surface area contributed by atoms with Gasteiger partial charge in [0.25, 0.3) is 5.91 Å². The zero-order chi connectivity index (χ0) is 22.3. The first-order valence-corrected chi connectivity index (χ1v) is 10.4. The minimum absolute atomic E-state index is 0.0608. The third-order valence-electron chi connectivity index (χ3n) is 5.94. The van der Waals surface area contributed by atoms with E-state index in [0.717, 1.165) is 30.3 Å². The molecule has 4 rings (SSSR count). The molecule has 0 bridgehead atoms. The Labute approximate surface area is 181 Å². The van der Waals surface area contributed by atoms with Crippen LogP contribution < -0.4 is 15.7 Å². The fraction of sp³-hybridized carbons (Fsp3) is 0.409. The molecule has 1 aromatic heterocycles. The molecule has 2 aliphatic rings. The summed E-state index contributed by atoms with van der Waals surface area (Å²) in [6, 6.07) is 7.71. The fourth-order valence-electron chi connectivity index (χ4n) is 4.23. The summed E-state index contributed by atoms with van der Waals surface area (Å²) in [6.07, 6.45) is 6.18. The molecule has 1 aromatic carbocycles. The second-order valence-electron chi connectivity index (χ2n) is 9.17. The number of aromatic nitrogens is 2. The fourth-order valence-corrected chi connectivity index (χ4v) is 4.23. The van der Waals surface area contributed by atoms with Crippen LogP contribution in [0.3, 0.4) is 0 Å². The Morgan fingerprint density at radius 1 is 1.42 bits per heavy atom. The van der Waals surface area contributed by atoms with Crippen LogP contribution in [0, 0.1) is 22.7 Å². The van der Waals surface area contributed by atoms with Gasteiger partial charge in [-0.2, -0.15) is 10.4 Å². The van der Waals surface area contributed by atoms with E-state index in [1.165, 1.54) is 0 Å². The number of carbonyl (C=O) groups excluding carboxylic acids is 1. The van der Waals surface area contributed by atoms with Crippen LogP contribution in [0.1, 0.15) is 62.0 Å². The van der Waals surface area contributed by atoms with Crippen LogP contribution in [0.2, 0.25) is 0 Å². The number of anilines is 2. The van der Waals surface area contributed by atoms with E-state index < -0.39 is 13.0 Å². The van der Waals surface area contributed by atoms with Gasteiger partial charge in [-0.25, -0.2) is 0 Å². The minimum Gasteiger partial charge on any atom is -0.532 e. The molecule has 4 N–H and O–H groups in total. The molecule has 1 saturated carbocycles. The van der Waals surface area contributed by atoms with E-state index in [1.54, 1.807) is 23.0 Å². The van der Waals surface area contributed by atoms with Gasteiger partial charge in [-0.15, -0.1) is 0 Å². The van der Waals surface area contributed by atoms with Crippen molar-refractivity contribution in [2.75, 3.05) is 5.32 Å². The van der Waals surface area contributed by atoms with Crippen LogP contribution in [-0.2, 0) is 0 Å². The summed E-state index contributed by atoms with van der Waals surface area (Å²) >= 11 is 0. The predicted octanol–water partition coefficient (Wildman–Crippen LogP) is 3.43. The molecule has 31 heavy (non-hydrogen) atoms. The lowest BCUT2D eigenvalue weighted by molar-refractivity contribution is 0.100. The zero-order valence-corrected chi connectivity index (χ0v) is 17.9. The van der Waals surface area contributed by atoms with Gasteiger partial charge in [0.1, 0.15) is 11.3 Å². The number of nitriles is 1. The molecule has 2 unspecified atom stereocenters. The SMILES string of the molecule is CC(C)(C)C1=Cc2cc(Nc3nn(C4CCCC4C#N)cc3C(N)=O)ccc2OB1O. The Morgan fingerprint density at radius 3 is 2.87 bits per heavy atom. The molecule has 9 heteroatoms. The highest BCUT2D eigenvalue weighted by molar-refractivity contribution is 6.55. The molecule has 8 nitrogen and oxygen atoms in total. The van der Waals surface area contributed by atoms with E-state index in [2.05, 4.69) is 16.5 Å². The van der Waals surface area contributed by atoms with Crippen molar-refractivity contribution in [3.8, 4) is 11.8 Å². The van der Waals surface area contributed by atoms with Crippen molar-refractivity contribution in [1.29, 1.82) is 5.26 Å². The molecule has 1 amide bonds. The first-order valence-electron chi connectivity index (χ1n) is 10.4. The highest BCUT2D eigenvalue weighted by Gasteiger charge is 2.35. The number of rotatable bonds is 4. The Hall–Kier alpha value is -3.25. The molecule has 160 valence electrons. The molecule has 0 spiro atoms. The second kappa shape index (κ2) is 7.78. The molecular weight excluding hydrogens is 393 g/mol. The first-order chi connectivity index (χ1) is 14.7. The van der Waals surface area contributed by atoms with E-state index >= 15 is 0 Å².